The Bertz CT molecular complexity index is 1410. The number of aryl methyl sites for hydroxylation is 1. The lowest BCUT2D eigenvalue weighted by Crippen LogP contribution is -2.34. The first kappa shape index (κ1) is 23.1. The zero-order chi connectivity index (χ0) is 24.3. The highest BCUT2D eigenvalue weighted by Crippen LogP contribution is 2.35. The minimum atomic E-state index is -0.819. The number of nitrogens with two attached hydrogens (primary N) is 2. The maximum atomic E-state index is 12.8. The van der Waals surface area contributed by atoms with Crippen LogP contribution < -0.4 is 27.1 Å². The Morgan fingerprint density at radius 1 is 1.27 bits per heavy atom. The average molecular weight is 465 g/mol. The van der Waals surface area contributed by atoms with Gasteiger partial charge in [-0.1, -0.05) is 28.6 Å². The third-order valence-corrected chi connectivity index (χ3v) is 5.65. The Hall–Kier alpha value is -4.62. The molecule has 1 unspecified atom stereocenters. The molecule has 2 amide bonds. The summed E-state index contributed by atoms with van der Waals surface area (Å²) in [5.74, 6) is -1.43. The van der Waals surface area contributed by atoms with Crippen molar-refractivity contribution >= 4 is 35.1 Å². The van der Waals surface area contributed by atoms with Crippen LogP contribution in [0.5, 0.6) is 0 Å². The molecule has 2 aromatic heterocycles. The fraction of sp³-hybridized carbons (Fsp3) is 0.150. The monoisotopic (exact) mass is 465 g/mol. The molecule has 0 fully saturated rings. The number of nitriles is 2. The number of primary amides is 1. The van der Waals surface area contributed by atoms with E-state index in [4.69, 9.17) is 16.0 Å². The van der Waals surface area contributed by atoms with Gasteiger partial charge in [0.15, 0.2) is 7.05 Å². The van der Waals surface area contributed by atoms with Crippen LogP contribution in [0, 0.1) is 22.7 Å². The minimum Gasteiger partial charge on any atom is -0.383 e. The molecule has 0 bridgehead atoms. The molecule has 0 aliphatic heterocycles. The first-order valence-electron chi connectivity index (χ1n) is 9.27. The number of thioether (sulfide) groups is 1. The van der Waals surface area contributed by atoms with Crippen molar-refractivity contribution in [3.8, 4) is 23.4 Å². The molecule has 1 aromatic carbocycles. The number of carbonyl (C=O) groups excluding carboxylic acids is 2. The standard InChI is InChI=1S/C20H16N8O4S/c1-9(18(30)25-13-6-4-3-5-10(13)17(24)29)33-19-12(8-22)14(11(7-21)16(23)26-19)15-20(31)32-27-28(15)2/h3-6,9H,1-2H3,(H5-,23,24,25,26,27,29,30,31)/p+1. The summed E-state index contributed by atoms with van der Waals surface area (Å²) in [6, 6.07) is 10.0. The highest BCUT2D eigenvalue weighted by Gasteiger charge is 2.32. The Morgan fingerprint density at radius 3 is 2.52 bits per heavy atom. The number of carbonyl (C=O) groups is 2. The van der Waals surface area contributed by atoms with E-state index >= 15 is 0 Å². The summed E-state index contributed by atoms with van der Waals surface area (Å²) in [6.07, 6.45) is 0. The number of hydrogen-bond donors (Lipinski definition) is 4. The Balaban J connectivity index is 2.02. The minimum absolute atomic E-state index is 0.0374. The largest absolute Gasteiger partial charge is 0.435 e. The summed E-state index contributed by atoms with van der Waals surface area (Å²) in [6.45, 7) is 1.55. The summed E-state index contributed by atoms with van der Waals surface area (Å²) in [4.78, 5) is 40.7. The van der Waals surface area contributed by atoms with E-state index in [1.807, 2.05) is 12.1 Å². The maximum Gasteiger partial charge on any atom is 0.435 e. The van der Waals surface area contributed by atoms with Crippen LogP contribution in [0.25, 0.3) is 11.3 Å². The topological polar surface area (TPSA) is 209 Å². The molecule has 3 rings (SSSR count). The van der Waals surface area contributed by atoms with Gasteiger partial charge in [-0.05, 0) is 24.3 Å². The zero-order valence-electron chi connectivity index (χ0n) is 17.4. The van der Waals surface area contributed by atoms with Crippen molar-refractivity contribution in [1.82, 2.24) is 10.3 Å². The average Bonchev–Trinajstić information content (AvgIpc) is 3.11. The number of rotatable bonds is 6. The van der Waals surface area contributed by atoms with Gasteiger partial charge in [-0.25, -0.2) is 9.78 Å². The highest BCUT2D eigenvalue weighted by molar-refractivity contribution is 8.00. The van der Waals surface area contributed by atoms with Crippen LogP contribution >= 0.6 is 11.8 Å². The van der Waals surface area contributed by atoms with Gasteiger partial charge in [0.25, 0.3) is 5.91 Å². The molecule has 0 saturated carbocycles. The SMILES string of the molecule is CC(Sc1nc(N)c(C#N)c(-c2c(=O)o[nH][n+]2C)c1C#N)C(=O)Nc1ccccc1C(N)=O. The predicted octanol–water partition coefficient (Wildman–Crippen LogP) is 0.398. The molecule has 0 saturated heterocycles. The number of aromatic nitrogens is 3. The number of benzene rings is 1. The molecule has 3 aromatic rings. The number of nitrogens with one attached hydrogen (secondary N) is 2. The molecule has 0 spiro atoms. The second-order valence-corrected chi connectivity index (χ2v) is 8.03. The van der Waals surface area contributed by atoms with Crippen molar-refractivity contribution in [2.24, 2.45) is 12.8 Å². The lowest BCUT2D eigenvalue weighted by Gasteiger charge is -2.15. The molecular weight excluding hydrogens is 448 g/mol. The van der Waals surface area contributed by atoms with Crippen LogP contribution in [-0.4, -0.2) is 27.3 Å². The van der Waals surface area contributed by atoms with Gasteiger partial charge in [-0.15, -0.1) is 0 Å². The van der Waals surface area contributed by atoms with E-state index in [0.717, 1.165) is 11.8 Å². The number of anilines is 2. The van der Waals surface area contributed by atoms with Crippen LogP contribution in [0.4, 0.5) is 11.5 Å². The summed E-state index contributed by atoms with van der Waals surface area (Å²) < 4.78 is 5.94. The van der Waals surface area contributed by atoms with E-state index < -0.39 is 22.7 Å². The molecule has 6 N–H and O–H groups in total. The molecule has 13 heteroatoms. The highest BCUT2D eigenvalue weighted by atomic mass is 32.2. The molecule has 2 heterocycles. The lowest BCUT2D eigenvalue weighted by atomic mass is 10.0. The number of H-pyrrole nitrogens is 1. The van der Waals surface area contributed by atoms with Crippen molar-refractivity contribution < 1.29 is 18.8 Å². The van der Waals surface area contributed by atoms with E-state index in [1.165, 1.54) is 23.9 Å². The lowest BCUT2D eigenvalue weighted by molar-refractivity contribution is -0.730. The fourth-order valence-corrected chi connectivity index (χ4v) is 3.91. The van der Waals surface area contributed by atoms with Gasteiger partial charge in [-0.3, -0.25) is 14.1 Å². The fourth-order valence-electron chi connectivity index (χ4n) is 2.99. The van der Waals surface area contributed by atoms with Gasteiger partial charge in [0, 0.05) is 0 Å². The number of para-hydroxylation sites is 1. The van der Waals surface area contributed by atoms with Crippen molar-refractivity contribution in [2.75, 3.05) is 11.1 Å². The summed E-state index contributed by atoms with van der Waals surface area (Å²) in [5.41, 5.74) is 10.4. The molecule has 12 nitrogen and oxygen atoms in total. The van der Waals surface area contributed by atoms with Gasteiger partial charge in [0.1, 0.15) is 34.1 Å². The van der Waals surface area contributed by atoms with Crippen molar-refractivity contribution in [3.63, 3.8) is 0 Å². The van der Waals surface area contributed by atoms with Crippen molar-refractivity contribution in [2.45, 2.75) is 17.2 Å². The number of nitrogens with zero attached hydrogens (tertiary/aromatic N) is 4. The van der Waals surface area contributed by atoms with E-state index in [-0.39, 0.29) is 44.5 Å². The number of nitrogen functional groups attached to an aromatic ring is 1. The van der Waals surface area contributed by atoms with Gasteiger partial charge in [0.2, 0.25) is 5.91 Å². The molecule has 0 aliphatic carbocycles. The molecule has 0 radical (unpaired) electrons. The molecule has 33 heavy (non-hydrogen) atoms. The van der Waals surface area contributed by atoms with Crippen LogP contribution in [-0.2, 0) is 11.8 Å². The smallest absolute Gasteiger partial charge is 0.383 e. The molecular formula is C20H17N8O4S+. The van der Waals surface area contributed by atoms with Crippen molar-refractivity contribution in [1.29, 1.82) is 10.5 Å². The Kier molecular flexibility index (Phi) is 6.46. The Labute approximate surface area is 190 Å². The maximum absolute atomic E-state index is 12.8. The normalized spacial score (nSPS) is 11.3. The zero-order valence-corrected chi connectivity index (χ0v) is 18.2. The van der Waals surface area contributed by atoms with E-state index in [0.29, 0.717) is 0 Å². The summed E-state index contributed by atoms with van der Waals surface area (Å²) in [5, 5.41) is 23.5. The second-order valence-electron chi connectivity index (χ2n) is 6.70. The summed E-state index contributed by atoms with van der Waals surface area (Å²) >= 11 is 0.890. The number of pyridine rings is 1. The first-order chi connectivity index (χ1) is 15.7. The van der Waals surface area contributed by atoms with E-state index in [2.05, 4.69) is 15.6 Å². The third-order valence-electron chi connectivity index (χ3n) is 4.56. The van der Waals surface area contributed by atoms with E-state index in [9.17, 15) is 24.9 Å². The molecule has 166 valence electrons. The second kappa shape index (κ2) is 9.25. The van der Waals surface area contributed by atoms with Crippen LogP contribution in [0.15, 0.2) is 38.6 Å². The van der Waals surface area contributed by atoms with E-state index in [1.54, 1.807) is 19.1 Å². The third kappa shape index (κ3) is 4.39. The van der Waals surface area contributed by atoms with Gasteiger partial charge < -0.3 is 16.8 Å². The Morgan fingerprint density at radius 2 is 1.94 bits per heavy atom. The summed E-state index contributed by atoms with van der Waals surface area (Å²) in [7, 11) is 1.46. The van der Waals surface area contributed by atoms with Gasteiger partial charge in [-0.2, -0.15) is 10.5 Å². The number of aromatic amines is 1. The van der Waals surface area contributed by atoms with Crippen molar-refractivity contribution in [3.05, 3.63) is 51.4 Å². The quantitative estimate of drug-likeness (QED) is 0.293. The van der Waals surface area contributed by atoms with Crippen LogP contribution in [0.2, 0.25) is 0 Å². The number of amides is 2. The van der Waals surface area contributed by atoms with Crippen LogP contribution in [0.1, 0.15) is 28.4 Å². The molecule has 1 atom stereocenters. The number of hydrogen-bond acceptors (Lipinski definition) is 9. The van der Waals surface area contributed by atoms with Gasteiger partial charge in [0.05, 0.1) is 22.1 Å². The predicted molar refractivity (Wildman–Crippen MR) is 116 cm³/mol. The van der Waals surface area contributed by atoms with Crippen LogP contribution in [0.3, 0.4) is 0 Å². The first-order valence-corrected chi connectivity index (χ1v) is 10.1. The molecule has 0 aliphatic rings. The van der Waals surface area contributed by atoms with Gasteiger partial charge >= 0.3 is 11.3 Å².